The summed E-state index contributed by atoms with van der Waals surface area (Å²) >= 11 is 1.20. The highest BCUT2D eigenvalue weighted by molar-refractivity contribution is 7.17. The van der Waals surface area contributed by atoms with E-state index in [1.54, 1.807) is 38.1 Å². The number of carbonyl (C=O) groups is 3. The number of carboxylic acids is 1. The Kier molecular flexibility index (Phi) is 8.51. The Morgan fingerprint density at radius 2 is 1.93 bits per heavy atom. The van der Waals surface area contributed by atoms with E-state index in [0.717, 1.165) is 0 Å². The second-order valence-corrected chi connectivity index (χ2v) is 7.20. The summed E-state index contributed by atoms with van der Waals surface area (Å²) in [5.74, 6) is -1.93. The maximum Gasteiger partial charge on any atom is 0.350 e. The van der Waals surface area contributed by atoms with Gasteiger partial charge in [-0.3, -0.25) is 9.59 Å². The van der Waals surface area contributed by atoms with Crippen molar-refractivity contribution in [2.24, 2.45) is 0 Å². The zero-order chi connectivity index (χ0) is 22.1. The lowest BCUT2D eigenvalue weighted by Crippen LogP contribution is -2.39. The largest absolute Gasteiger partial charge is 0.480 e. The molecule has 160 valence electrons. The van der Waals surface area contributed by atoms with E-state index in [0.29, 0.717) is 40.2 Å². The molecule has 10 heteroatoms. The lowest BCUT2D eigenvalue weighted by Gasteiger charge is -2.13. The molecule has 1 atom stereocenters. The first-order valence-corrected chi connectivity index (χ1v) is 10.0. The number of nitrogens with one attached hydrogen (secondary N) is 3. The first kappa shape index (κ1) is 23.0. The normalized spacial score (nSPS) is 11.4. The number of benzene rings is 1. The molecule has 0 saturated carbocycles. The summed E-state index contributed by atoms with van der Waals surface area (Å²) in [7, 11) is 0. The summed E-state index contributed by atoms with van der Waals surface area (Å²) in [6.07, 6.45) is 1.32. The number of esters is 1. The zero-order valence-corrected chi connectivity index (χ0v) is 17.5. The second-order valence-electron chi connectivity index (χ2n) is 6.20. The Balaban J connectivity index is 1.96. The molecule has 0 unspecified atom stereocenters. The van der Waals surface area contributed by atoms with Crippen molar-refractivity contribution in [1.82, 2.24) is 10.3 Å². The predicted molar refractivity (Wildman–Crippen MR) is 115 cm³/mol. The van der Waals surface area contributed by atoms with Crippen LogP contribution in [-0.4, -0.2) is 47.1 Å². The monoisotopic (exact) mass is 432 g/mol. The summed E-state index contributed by atoms with van der Waals surface area (Å²) in [5.41, 5.74) is 1.83. The summed E-state index contributed by atoms with van der Waals surface area (Å²) < 4.78 is 5.01. The zero-order valence-electron chi connectivity index (χ0n) is 16.7. The van der Waals surface area contributed by atoms with Crippen molar-refractivity contribution in [2.45, 2.75) is 26.3 Å². The fraction of sp³-hybridized carbons (Fsp3) is 0.300. The molecule has 4 N–H and O–H groups in total. The van der Waals surface area contributed by atoms with Gasteiger partial charge in [0.25, 0.3) is 0 Å². The lowest BCUT2D eigenvalue weighted by molar-refractivity contribution is -0.141. The van der Waals surface area contributed by atoms with Crippen LogP contribution in [0.4, 0.5) is 16.5 Å². The van der Waals surface area contributed by atoms with Crippen molar-refractivity contribution < 1.29 is 24.2 Å². The minimum Gasteiger partial charge on any atom is -0.480 e. The number of anilines is 3. The SMILES string of the molecule is C=CCN[C@@H](CC(=O)Nc1ccc(Nc2nc(C)c(C(=O)OCC)s2)cc1)C(=O)O. The van der Waals surface area contributed by atoms with Crippen molar-refractivity contribution in [3.8, 4) is 0 Å². The third-order valence-electron chi connectivity index (χ3n) is 3.87. The third kappa shape index (κ3) is 6.68. The van der Waals surface area contributed by atoms with Crippen LogP contribution in [0.25, 0.3) is 0 Å². The number of hydrogen-bond acceptors (Lipinski definition) is 8. The third-order valence-corrected chi connectivity index (χ3v) is 4.93. The van der Waals surface area contributed by atoms with Crippen molar-refractivity contribution in [3.63, 3.8) is 0 Å². The van der Waals surface area contributed by atoms with Gasteiger partial charge in [0.05, 0.1) is 18.7 Å². The summed E-state index contributed by atoms with van der Waals surface area (Å²) in [6, 6.07) is 5.84. The van der Waals surface area contributed by atoms with Crippen LogP contribution >= 0.6 is 11.3 Å². The van der Waals surface area contributed by atoms with E-state index in [1.165, 1.54) is 17.4 Å². The Bertz CT molecular complexity index is 910. The number of aryl methyl sites for hydroxylation is 1. The first-order chi connectivity index (χ1) is 14.3. The molecular weight excluding hydrogens is 408 g/mol. The van der Waals surface area contributed by atoms with Crippen LogP contribution < -0.4 is 16.0 Å². The molecule has 9 nitrogen and oxygen atoms in total. The molecule has 0 saturated heterocycles. The van der Waals surface area contributed by atoms with Gasteiger partial charge < -0.3 is 25.8 Å². The topological polar surface area (TPSA) is 130 Å². The van der Waals surface area contributed by atoms with Crippen molar-refractivity contribution in [3.05, 3.63) is 47.5 Å². The average molecular weight is 433 g/mol. The van der Waals surface area contributed by atoms with Gasteiger partial charge in [0.1, 0.15) is 10.9 Å². The van der Waals surface area contributed by atoms with Gasteiger partial charge in [-0.2, -0.15) is 0 Å². The van der Waals surface area contributed by atoms with E-state index in [9.17, 15) is 14.4 Å². The van der Waals surface area contributed by atoms with E-state index in [1.807, 2.05) is 0 Å². The highest BCUT2D eigenvalue weighted by atomic mass is 32.1. The summed E-state index contributed by atoms with van der Waals surface area (Å²) in [4.78, 5) is 40.0. The molecule has 0 bridgehead atoms. The van der Waals surface area contributed by atoms with Crippen LogP contribution in [0.1, 0.15) is 28.7 Å². The van der Waals surface area contributed by atoms with Crippen LogP contribution in [-0.2, 0) is 14.3 Å². The molecule has 0 spiro atoms. The van der Waals surface area contributed by atoms with Gasteiger partial charge in [0.2, 0.25) is 5.91 Å². The molecule has 1 aromatic heterocycles. The fourth-order valence-electron chi connectivity index (χ4n) is 2.47. The highest BCUT2D eigenvalue weighted by Gasteiger charge is 2.20. The molecule has 1 amide bonds. The van der Waals surface area contributed by atoms with Crippen LogP contribution in [0.15, 0.2) is 36.9 Å². The van der Waals surface area contributed by atoms with Gasteiger partial charge in [-0.1, -0.05) is 17.4 Å². The van der Waals surface area contributed by atoms with Crippen LogP contribution in [0.3, 0.4) is 0 Å². The number of hydrogen-bond donors (Lipinski definition) is 4. The number of carboxylic acid groups (broad SMARTS) is 1. The van der Waals surface area contributed by atoms with Gasteiger partial charge >= 0.3 is 11.9 Å². The number of carbonyl (C=O) groups excluding carboxylic acids is 2. The molecule has 1 heterocycles. The van der Waals surface area contributed by atoms with Crippen molar-refractivity contribution in [1.29, 1.82) is 0 Å². The van der Waals surface area contributed by atoms with E-state index in [-0.39, 0.29) is 6.42 Å². The number of nitrogens with zero attached hydrogens (tertiary/aromatic N) is 1. The Morgan fingerprint density at radius 1 is 1.27 bits per heavy atom. The van der Waals surface area contributed by atoms with Gasteiger partial charge in [0, 0.05) is 17.9 Å². The Labute approximate surface area is 178 Å². The number of rotatable bonds is 11. The molecule has 0 aliphatic rings. The maximum absolute atomic E-state index is 12.1. The number of ether oxygens (including phenoxy) is 1. The maximum atomic E-state index is 12.1. The smallest absolute Gasteiger partial charge is 0.350 e. The van der Waals surface area contributed by atoms with E-state index in [4.69, 9.17) is 9.84 Å². The van der Waals surface area contributed by atoms with E-state index >= 15 is 0 Å². The van der Waals surface area contributed by atoms with Crippen LogP contribution in [0.5, 0.6) is 0 Å². The molecule has 30 heavy (non-hydrogen) atoms. The lowest BCUT2D eigenvalue weighted by atomic mass is 10.2. The van der Waals surface area contributed by atoms with Crippen LogP contribution in [0.2, 0.25) is 0 Å². The molecule has 0 radical (unpaired) electrons. The first-order valence-electron chi connectivity index (χ1n) is 9.22. The summed E-state index contributed by atoms with van der Waals surface area (Å²) in [6.45, 7) is 7.58. The van der Waals surface area contributed by atoms with Crippen molar-refractivity contribution in [2.75, 3.05) is 23.8 Å². The highest BCUT2D eigenvalue weighted by Crippen LogP contribution is 2.27. The van der Waals surface area contributed by atoms with E-state index < -0.39 is 23.9 Å². The number of aromatic nitrogens is 1. The molecule has 2 aromatic rings. The molecule has 1 aromatic carbocycles. The molecule has 0 aliphatic carbocycles. The Morgan fingerprint density at radius 3 is 2.53 bits per heavy atom. The number of thiazole rings is 1. The number of aliphatic carboxylic acids is 1. The minimum absolute atomic E-state index is 0.210. The van der Waals surface area contributed by atoms with E-state index in [2.05, 4.69) is 27.5 Å². The fourth-order valence-corrected chi connectivity index (χ4v) is 3.35. The standard InChI is InChI=1S/C20H24N4O5S/c1-4-10-21-15(18(26)27)11-16(25)23-13-6-8-14(9-7-13)24-20-22-12(3)17(30-20)19(28)29-5-2/h4,6-9,15,21H,1,5,10-11H2,2-3H3,(H,22,24)(H,23,25)(H,26,27)/t15-/m0/s1. The molecule has 2 rings (SSSR count). The average Bonchev–Trinajstić information content (AvgIpc) is 3.06. The minimum atomic E-state index is -1.10. The number of amides is 1. The molecule has 0 fully saturated rings. The Hall–Kier alpha value is -3.24. The predicted octanol–water partition coefficient (Wildman–Crippen LogP) is 2.93. The van der Waals surface area contributed by atoms with Gasteiger partial charge in [-0.25, -0.2) is 9.78 Å². The molecule has 0 aliphatic heterocycles. The van der Waals surface area contributed by atoms with Gasteiger partial charge in [-0.05, 0) is 38.1 Å². The van der Waals surface area contributed by atoms with Crippen molar-refractivity contribution >= 4 is 45.7 Å². The second kappa shape index (κ2) is 11.1. The van der Waals surface area contributed by atoms with Gasteiger partial charge in [0.15, 0.2) is 5.13 Å². The quantitative estimate of drug-likeness (QED) is 0.315. The van der Waals surface area contributed by atoms with Gasteiger partial charge in [-0.15, -0.1) is 6.58 Å². The summed E-state index contributed by atoms with van der Waals surface area (Å²) in [5, 5.41) is 18.2. The molecular formula is C20H24N4O5S. The van der Waals surface area contributed by atoms with Crippen LogP contribution in [0, 0.1) is 6.92 Å².